The number of nitrogens with one attached hydrogen (secondary N) is 1. The molecule has 4 heteroatoms. The van der Waals surface area contributed by atoms with Crippen LogP contribution in [0.2, 0.25) is 0 Å². The number of rotatable bonds is 4. The van der Waals surface area contributed by atoms with Crippen LogP contribution in [0.15, 0.2) is 29.2 Å². The first-order chi connectivity index (χ1) is 8.76. The fraction of sp³-hybridized carbons (Fsp3) is 0.500. The molecular formula is C14H20N2OS. The van der Waals surface area contributed by atoms with Gasteiger partial charge in [-0.05, 0) is 24.5 Å². The molecule has 1 aliphatic heterocycles. The van der Waals surface area contributed by atoms with Crippen LogP contribution >= 0.6 is 11.8 Å². The van der Waals surface area contributed by atoms with Crippen LogP contribution in [0.3, 0.4) is 0 Å². The lowest BCUT2D eigenvalue weighted by atomic mass is 10.0. The molecule has 1 aromatic rings. The lowest BCUT2D eigenvalue weighted by Gasteiger charge is -2.27. The predicted molar refractivity (Wildman–Crippen MR) is 75.5 cm³/mol. The fourth-order valence-electron chi connectivity index (χ4n) is 2.24. The summed E-state index contributed by atoms with van der Waals surface area (Å²) in [6.45, 7) is 2.42. The number of thioether (sulfide) groups is 1. The zero-order valence-electron chi connectivity index (χ0n) is 10.7. The van der Waals surface area contributed by atoms with E-state index >= 15 is 0 Å². The Hall–Kier alpha value is -1.00. The van der Waals surface area contributed by atoms with Crippen molar-refractivity contribution < 1.29 is 4.79 Å². The molecule has 1 amide bonds. The van der Waals surface area contributed by atoms with E-state index in [1.54, 1.807) is 0 Å². The molecule has 3 nitrogen and oxygen atoms in total. The summed E-state index contributed by atoms with van der Waals surface area (Å²) in [7, 11) is 0. The van der Waals surface area contributed by atoms with Crippen LogP contribution < -0.4 is 11.1 Å². The number of fused-ring (bicyclic) bond motifs is 1. The third-order valence-corrected chi connectivity index (χ3v) is 4.55. The average molecular weight is 264 g/mol. The summed E-state index contributed by atoms with van der Waals surface area (Å²) in [4.78, 5) is 13.4. The molecule has 0 aromatic heterocycles. The second kappa shape index (κ2) is 6.25. The van der Waals surface area contributed by atoms with E-state index in [1.165, 1.54) is 10.5 Å². The molecule has 2 rings (SSSR count). The minimum atomic E-state index is -0.0632. The highest BCUT2D eigenvalue weighted by atomic mass is 32.2. The van der Waals surface area contributed by atoms with Gasteiger partial charge in [0.05, 0.1) is 6.04 Å². The zero-order valence-corrected chi connectivity index (χ0v) is 11.5. The lowest BCUT2D eigenvalue weighted by molar-refractivity contribution is -0.125. The van der Waals surface area contributed by atoms with Crippen molar-refractivity contribution in [2.24, 2.45) is 11.7 Å². The van der Waals surface area contributed by atoms with Crippen molar-refractivity contribution in [3.63, 3.8) is 0 Å². The molecule has 0 radical (unpaired) electrons. The van der Waals surface area contributed by atoms with E-state index in [0.29, 0.717) is 6.54 Å². The summed E-state index contributed by atoms with van der Waals surface area (Å²) in [6.07, 6.45) is 1.79. The molecule has 0 bridgehead atoms. The molecule has 98 valence electrons. The largest absolute Gasteiger partial charge is 0.349 e. The average Bonchev–Trinajstić information content (AvgIpc) is 2.40. The van der Waals surface area contributed by atoms with Gasteiger partial charge in [0.15, 0.2) is 0 Å². The van der Waals surface area contributed by atoms with Gasteiger partial charge in [0.25, 0.3) is 0 Å². The molecule has 0 spiro atoms. The van der Waals surface area contributed by atoms with Gasteiger partial charge in [0.1, 0.15) is 0 Å². The molecular weight excluding hydrogens is 244 g/mol. The predicted octanol–water partition coefficient (Wildman–Crippen LogP) is 2.32. The summed E-state index contributed by atoms with van der Waals surface area (Å²) < 4.78 is 0. The summed E-state index contributed by atoms with van der Waals surface area (Å²) in [5.41, 5.74) is 6.86. The first kappa shape index (κ1) is 13.4. The number of carbonyl (C=O) groups is 1. The third-order valence-electron chi connectivity index (χ3n) is 3.42. The minimum absolute atomic E-state index is 0.0632. The molecule has 0 saturated carbocycles. The highest BCUT2D eigenvalue weighted by molar-refractivity contribution is 7.99. The van der Waals surface area contributed by atoms with Crippen molar-refractivity contribution in [3.05, 3.63) is 29.8 Å². The third kappa shape index (κ3) is 2.87. The molecule has 18 heavy (non-hydrogen) atoms. The van der Waals surface area contributed by atoms with Crippen molar-refractivity contribution in [2.45, 2.75) is 30.7 Å². The van der Waals surface area contributed by atoms with Crippen LogP contribution in [0.5, 0.6) is 0 Å². The van der Waals surface area contributed by atoms with Crippen molar-refractivity contribution in [2.75, 3.05) is 12.3 Å². The Morgan fingerprint density at radius 1 is 1.56 bits per heavy atom. The number of nitrogens with two attached hydrogens (primary N) is 1. The van der Waals surface area contributed by atoms with E-state index in [1.807, 2.05) is 30.8 Å². The van der Waals surface area contributed by atoms with Crippen molar-refractivity contribution in [3.8, 4) is 0 Å². The number of hydrogen-bond donors (Lipinski definition) is 2. The van der Waals surface area contributed by atoms with Crippen LogP contribution in [0, 0.1) is 5.92 Å². The van der Waals surface area contributed by atoms with Gasteiger partial charge in [0.2, 0.25) is 5.91 Å². The zero-order chi connectivity index (χ0) is 13.0. The first-order valence-electron chi connectivity index (χ1n) is 6.48. The molecule has 0 fully saturated rings. The molecule has 1 heterocycles. The van der Waals surface area contributed by atoms with E-state index in [0.717, 1.165) is 18.6 Å². The first-order valence-corrected chi connectivity index (χ1v) is 7.47. The van der Waals surface area contributed by atoms with Crippen LogP contribution in [0.25, 0.3) is 0 Å². The number of amides is 1. The van der Waals surface area contributed by atoms with Gasteiger partial charge >= 0.3 is 0 Å². The van der Waals surface area contributed by atoms with E-state index in [-0.39, 0.29) is 17.9 Å². The molecule has 3 N–H and O–H groups in total. The maximum Gasteiger partial charge on any atom is 0.224 e. The van der Waals surface area contributed by atoms with E-state index in [9.17, 15) is 4.79 Å². The Morgan fingerprint density at radius 2 is 2.33 bits per heavy atom. The molecule has 1 aromatic carbocycles. The van der Waals surface area contributed by atoms with Gasteiger partial charge < -0.3 is 11.1 Å². The number of hydrogen-bond acceptors (Lipinski definition) is 3. The van der Waals surface area contributed by atoms with Crippen LogP contribution in [0.1, 0.15) is 31.4 Å². The molecule has 2 unspecified atom stereocenters. The summed E-state index contributed by atoms with van der Waals surface area (Å²) >= 11 is 1.86. The number of benzene rings is 1. The lowest BCUT2D eigenvalue weighted by Crippen LogP contribution is -2.38. The number of carbonyl (C=O) groups excluding carboxylic acids is 1. The minimum Gasteiger partial charge on any atom is -0.349 e. The Labute approximate surface area is 113 Å². The summed E-state index contributed by atoms with van der Waals surface area (Å²) in [5, 5.41) is 3.14. The normalized spacial score (nSPS) is 20.0. The summed E-state index contributed by atoms with van der Waals surface area (Å²) in [6, 6.07) is 8.46. The Kier molecular flexibility index (Phi) is 4.66. The molecule has 2 atom stereocenters. The van der Waals surface area contributed by atoms with Crippen molar-refractivity contribution in [1.29, 1.82) is 0 Å². The Morgan fingerprint density at radius 3 is 3.06 bits per heavy atom. The maximum absolute atomic E-state index is 12.1. The van der Waals surface area contributed by atoms with Gasteiger partial charge in [-0.15, -0.1) is 11.8 Å². The van der Waals surface area contributed by atoms with Crippen molar-refractivity contribution >= 4 is 17.7 Å². The van der Waals surface area contributed by atoms with Gasteiger partial charge in [-0.25, -0.2) is 0 Å². The SMILES string of the molecule is CCC(CN)C(=O)NC1CCSc2ccccc21. The highest BCUT2D eigenvalue weighted by Crippen LogP contribution is 2.35. The molecule has 0 saturated heterocycles. The van der Waals surface area contributed by atoms with Crippen LogP contribution in [-0.4, -0.2) is 18.2 Å². The van der Waals surface area contributed by atoms with Gasteiger partial charge in [-0.1, -0.05) is 25.1 Å². The van der Waals surface area contributed by atoms with Crippen LogP contribution in [-0.2, 0) is 4.79 Å². The van der Waals surface area contributed by atoms with Gasteiger partial charge in [0, 0.05) is 23.1 Å². The van der Waals surface area contributed by atoms with E-state index in [2.05, 4.69) is 17.4 Å². The van der Waals surface area contributed by atoms with E-state index in [4.69, 9.17) is 5.73 Å². The molecule has 0 aliphatic carbocycles. The highest BCUT2D eigenvalue weighted by Gasteiger charge is 2.24. The Bertz CT molecular complexity index is 418. The van der Waals surface area contributed by atoms with Gasteiger partial charge in [-0.3, -0.25) is 4.79 Å². The topological polar surface area (TPSA) is 55.1 Å². The van der Waals surface area contributed by atoms with Gasteiger partial charge in [-0.2, -0.15) is 0 Å². The fourth-order valence-corrected chi connectivity index (χ4v) is 3.37. The Balaban J connectivity index is 2.09. The second-order valence-corrected chi connectivity index (χ2v) is 5.71. The van der Waals surface area contributed by atoms with Crippen molar-refractivity contribution in [1.82, 2.24) is 5.32 Å². The summed E-state index contributed by atoms with van der Waals surface area (Å²) in [5.74, 6) is 1.08. The monoisotopic (exact) mass is 264 g/mol. The standard InChI is InChI=1S/C14H20N2OS/c1-2-10(9-15)14(17)16-12-7-8-18-13-6-4-3-5-11(12)13/h3-6,10,12H,2,7-9,15H2,1H3,(H,16,17). The van der Waals surface area contributed by atoms with E-state index < -0.39 is 0 Å². The maximum atomic E-state index is 12.1. The molecule has 1 aliphatic rings. The van der Waals surface area contributed by atoms with Crippen LogP contribution in [0.4, 0.5) is 0 Å². The quantitative estimate of drug-likeness (QED) is 0.877. The second-order valence-electron chi connectivity index (χ2n) is 4.58. The smallest absolute Gasteiger partial charge is 0.224 e.